The van der Waals surface area contributed by atoms with Crippen molar-refractivity contribution in [3.8, 4) is 0 Å². The Balaban J connectivity index is 1.02. The summed E-state index contributed by atoms with van der Waals surface area (Å²) in [6, 6.07) is 18.9. The van der Waals surface area contributed by atoms with E-state index in [1.54, 1.807) is 7.11 Å². The van der Waals surface area contributed by atoms with Gasteiger partial charge < -0.3 is 29.2 Å². The molecule has 0 radical (unpaired) electrons. The summed E-state index contributed by atoms with van der Waals surface area (Å²) in [6.07, 6.45) is 7.82. The quantitative estimate of drug-likeness (QED) is 0.363. The minimum atomic E-state index is -0.395. The number of fused-ring (bicyclic) bond motifs is 4. The number of piperidine rings is 3. The Bertz CT molecular complexity index is 2060. The van der Waals surface area contributed by atoms with E-state index in [1.807, 2.05) is 0 Å². The Hall–Kier alpha value is -2.95. The number of carbonyl (C=O) groups is 1. The summed E-state index contributed by atoms with van der Waals surface area (Å²) in [4.78, 5) is 22.5. The molecule has 2 aromatic rings. The number of epoxide rings is 1. The number of ether oxygens (including phenoxy) is 4. The topological polar surface area (TPSA) is 79.0 Å². The third-order valence-corrected chi connectivity index (χ3v) is 17.8. The number of hydrogen-bond donors (Lipinski definition) is 1. The standard InChI is InChI=1S/C42H46N4O5/c1-3-37-18-23-19-39-22-46-28-11-7-5-9-26(28)41(13-15-44(34(37)41)21-29-31(37)50-29)42(23,46)51-36(39)45-16-12-40-25-8-4-6-10-27(25)43-30(40)24(32(47)48-2)20-38(33(40)45)14-17-49-35(38)39/h4-11,23,29,31,33-36,43H,3,12-22H2,1-2H3/t23-,29+,31+,33+,34-,35+,36+,37+,38+,39+,40+,41-,42+/m0/s1. The Morgan fingerprint density at radius 2 is 1.86 bits per heavy atom. The molecule has 2 aromatic carbocycles. The van der Waals surface area contributed by atoms with Crippen LogP contribution >= 0.6 is 0 Å². The molecule has 11 aliphatic heterocycles. The smallest absolute Gasteiger partial charge is 0.335 e. The number of carbonyl (C=O) groups excluding carboxylic acids is 1. The van der Waals surface area contributed by atoms with E-state index in [1.165, 1.54) is 16.8 Å². The van der Waals surface area contributed by atoms with Gasteiger partial charge in [-0.15, -0.1) is 0 Å². The lowest BCUT2D eigenvalue weighted by Gasteiger charge is -2.77. The molecular weight excluding hydrogens is 640 g/mol. The van der Waals surface area contributed by atoms with Crippen LogP contribution < -0.4 is 10.2 Å². The van der Waals surface area contributed by atoms with Crippen LogP contribution in [0.25, 0.3) is 0 Å². The molecule has 1 saturated carbocycles. The molecule has 0 unspecified atom stereocenters. The van der Waals surface area contributed by atoms with Gasteiger partial charge in [-0.05, 0) is 74.8 Å². The maximum atomic E-state index is 13.9. The first-order chi connectivity index (χ1) is 24.9. The fraction of sp³-hybridized carbons (Fsp3) is 0.643. The van der Waals surface area contributed by atoms with Gasteiger partial charge in [-0.25, -0.2) is 4.79 Å². The van der Waals surface area contributed by atoms with Crippen molar-refractivity contribution >= 4 is 17.3 Å². The van der Waals surface area contributed by atoms with Gasteiger partial charge in [-0.1, -0.05) is 43.3 Å². The molecule has 5 spiro atoms. The van der Waals surface area contributed by atoms with Crippen LogP contribution in [0.5, 0.6) is 0 Å². The van der Waals surface area contributed by atoms with Crippen molar-refractivity contribution in [2.45, 2.75) is 105 Å². The molecule has 11 heterocycles. The monoisotopic (exact) mass is 686 g/mol. The summed E-state index contributed by atoms with van der Waals surface area (Å²) in [7, 11) is 1.55. The summed E-state index contributed by atoms with van der Waals surface area (Å²) in [5, 5.41) is 3.83. The zero-order valence-electron chi connectivity index (χ0n) is 29.5. The van der Waals surface area contributed by atoms with E-state index < -0.39 is 5.72 Å². The summed E-state index contributed by atoms with van der Waals surface area (Å²) in [5.41, 5.74) is 6.15. The van der Waals surface area contributed by atoms with Crippen LogP contribution in [0.3, 0.4) is 0 Å². The molecule has 9 nitrogen and oxygen atoms in total. The number of para-hydroxylation sites is 2. The van der Waals surface area contributed by atoms with Gasteiger partial charge in [-0.2, -0.15) is 0 Å². The molecule has 0 aromatic heterocycles. The van der Waals surface area contributed by atoms with Crippen LogP contribution in [0.15, 0.2) is 59.8 Å². The van der Waals surface area contributed by atoms with Crippen LogP contribution in [0.1, 0.15) is 63.0 Å². The van der Waals surface area contributed by atoms with Gasteiger partial charge in [0, 0.05) is 72.1 Å². The largest absolute Gasteiger partial charge is 0.466 e. The molecular formula is C42H46N4O5. The van der Waals surface area contributed by atoms with Crippen LogP contribution in [-0.2, 0) is 34.6 Å². The van der Waals surface area contributed by atoms with Crippen LogP contribution in [0, 0.1) is 22.2 Å². The van der Waals surface area contributed by atoms with Gasteiger partial charge >= 0.3 is 5.97 Å². The Kier molecular flexibility index (Phi) is 4.70. The molecule has 13 aliphatic rings. The lowest BCUT2D eigenvalue weighted by atomic mass is 9.41. The second-order valence-electron chi connectivity index (χ2n) is 18.7. The molecule has 0 amide bonds. The van der Waals surface area contributed by atoms with E-state index in [2.05, 4.69) is 75.5 Å². The maximum absolute atomic E-state index is 13.9. The molecule has 2 aliphatic carbocycles. The van der Waals surface area contributed by atoms with Crippen molar-refractivity contribution < 1.29 is 23.7 Å². The Morgan fingerprint density at radius 1 is 1.00 bits per heavy atom. The molecule has 15 rings (SSSR count). The van der Waals surface area contributed by atoms with Crippen molar-refractivity contribution in [3.05, 3.63) is 70.9 Å². The van der Waals surface area contributed by atoms with Crippen molar-refractivity contribution in [2.75, 3.05) is 50.1 Å². The van der Waals surface area contributed by atoms with E-state index in [9.17, 15) is 4.79 Å². The molecule has 13 atom stereocenters. The SMILES string of the molecule is CC[C@@]12C[C@H]3C[C@]45CN6c7ccccc7[C@]7(CCN(C[C@H]8O[C@H]81)[C@@H]27)[C@]36O[C@H]4N1CC[C@@]23C(=C(C(=O)OC)C[C@]4(CCO[C@H]45)[C@@H]12)Nc1ccccc13. The first-order valence-corrected chi connectivity index (χ1v) is 19.9. The molecule has 264 valence electrons. The number of esters is 1. The summed E-state index contributed by atoms with van der Waals surface area (Å²) < 4.78 is 27.9. The Labute approximate surface area is 298 Å². The van der Waals surface area contributed by atoms with Crippen LogP contribution in [0.2, 0.25) is 0 Å². The van der Waals surface area contributed by atoms with Gasteiger partial charge in [-0.3, -0.25) is 9.80 Å². The predicted molar refractivity (Wildman–Crippen MR) is 187 cm³/mol. The van der Waals surface area contributed by atoms with E-state index in [4.69, 9.17) is 18.9 Å². The number of nitrogens with zero attached hydrogens (tertiary/aromatic N) is 3. The fourth-order valence-electron chi connectivity index (χ4n) is 17.0. The number of anilines is 2. The second-order valence-corrected chi connectivity index (χ2v) is 18.7. The molecule has 10 fully saturated rings. The first kappa shape index (κ1) is 28.5. The highest BCUT2D eigenvalue weighted by Gasteiger charge is 2.89. The summed E-state index contributed by atoms with van der Waals surface area (Å²) in [5.74, 6) is 0.177. The van der Waals surface area contributed by atoms with E-state index in [0.717, 1.165) is 88.3 Å². The van der Waals surface area contributed by atoms with Gasteiger partial charge in [0.15, 0.2) is 5.72 Å². The highest BCUT2D eigenvalue weighted by Crippen LogP contribution is 2.81. The third kappa shape index (κ3) is 2.56. The summed E-state index contributed by atoms with van der Waals surface area (Å²) >= 11 is 0. The van der Waals surface area contributed by atoms with Gasteiger partial charge in [0.2, 0.25) is 0 Å². The van der Waals surface area contributed by atoms with Crippen molar-refractivity contribution in [2.24, 2.45) is 22.2 Å². The van der Waals surface area contributed by atoms with Gasteiger partial charge in [0.25, 0.3) is 0 Å². The summed E-state index contributed by atoms with van der Waals surface area (Å²) in [6.45, 7) is 7.25. The van der Waals surface area contributed by atoms with Crippen molar-refractivity contribution in [3.63, 3.8) is 0 Å². The van der Waals surface area contributed by atoms with Gasteiger partial charge in [0.1, 0.15) is 6.23 Å². The fourth-order valence-corrected chi connectivity index (χ4v) is 17.0. The molecule has 51 heavy (non-hydrogen) atoms. The lowest BCUT2D eigenvalue weighted by Crippen LogP contribution is -2.88. The minimum absolute atomic E-state index is 0.0196. The molecule has 1 N–H and O–H groups in total. The molecule has 9 heteroatoms. The van der Waals surface area contributed by atoms with Crippen molar-refractivity contribution in [1.82, 2.24) is 9.80 Å². The number of benzene rings is 2. The van der Waals surface area contributed by atoms with Crippen LogP contribution in [-0.4, -0.2) is 98.0 Å². The minimum Gasteiger partial charge on any atom is -0.466 e. The van der Waals surface area contributed by atoms with Gasteiger partial charge in [0.05, 0.1) is 47.2 Å². The number of nitrogens with one attached hydrogen (secondary N) is 1. The average Bonchev–Trinajstić information content (AvgIpc) is 3.54. The zero-order chi connectivity index (χ0) is 33.5. The first-order valence-electron chi connectivity index (χ1n) is 19.9. The number of rotatable bonds is 2. The van der Waals surface area contributed by atoms with Crippen LogP contribution in [0.4, 0.5) is 11.4 Å². The number of hydrogen-bond acceptors (Lipinski definition) is 9. The van der Waals surface area contributed by atoms with E-state index in [0.29, 0.717) is 30.6 Å². The Morgan fingerprint density at radius 3 is 2.75 bits per heavy atom. The third-order valence-electron chi connectivity index (χ3n) is 17.8. The molecule has 2 bridgehead atoms. The average molecular weight is 687 g/mol. The van der Waals surface area contributed by atoms with E-state index >= 15 is 0 Å². The number of methoxy groups -OCH3 is 1. The predicted octanol–water partition coefficient (Wildman–Crippen LogP) is 4.52. The molecule has 9 saturated heterocycles. The zero-order valence-corrected chi connectivity index (χ0v) is 29.5. The van der Waals surface area contributed by atoms with Crippen molar-refractivity contribution in [1.29, 1.82) is 0 Å². The lowest BCUT2D eigenvalue weighted by molar-refractivity contribution is -0.377. The van der Waals surface area contributed by atoms with E-state index in [-0.39, 0.29) is 51.4 Å². The normalized spacial score (nSPS) is 52.1. The second kappa shape index (κ2) is 8.39. The maximum Gasteiger partial charge on any atom is 0.335 e. The highest BCUT2D eigenvalue weighted by molar-refractivity contribution is 5.93. The highest BCUT2D eigenvalue weighted by atomic mass is 16.6.